The Labute approximate surface area is 118 Å². The summed E-state index contributed by atoms with van der Waals surface area (Å²) in [5.74, 6) is 2.70. The third-order valence-corrected chi connectivity index (χ3v) is 5.55. The van der Waals surface area contributed by atoms with Gasteiger partial charge in [-0.15, -0.1) is 0 Å². The summed E-state index contributed by atoms with van der Waals surface area (Å²) in [6.07, 6.45) is 6.02. The quantitative estimate of drug-likeness (QED) is 0.736. The molecule has 0 bridgehead atoms. The first-order valence-electron chi connectivity index (χ1n) is 8.24. The van der Waals surface area contributed by atoms with Crippen LogP contribution in [-0.2, 0) is 4.79 Å². The molecule has 2 heteroatoms. The molecular weight excluding hydrogens is 234 g/mol. The molecule has 1 heterocycles. The van der Waals surface area contributed by atoms with E-state index in [1.54, 1.807) is 0 Å². The molecule has 1 amide bonds. The van der Waals surface area contributed by atoms with Crippen LogP contribution in [0.25, 0.3) is 0 Å². The molecule has 2 fully saturated rings. The fourth-order valence-electron chi connectivity index (χ4n) is 4.31. The zero-order valence-corrected chi connectivity index (χ0v) is 13.4. The average molecular weight is 265 g/mol. The van der Waals surface area contributed by atoms with Crippen LogP contribution in [0.15, 0.2) is 0 Å². The first-order valence-corrected chi connectivity index (χ1v) is 8.24. The zero-order chi connectivity index (χ0) is 14.2. The maximum absolute atomic E-state index is 13.0. The van der Waals surface area contributed by atoms with Gasteiger partial charge in [0, 0.05) is 18.0 Å². The number of amides is 1. The molecule has 5 atom stereocenters. The van der Waals surface area contributed by atoms with Crippen molar-refractivity contribution in [2.24, 2.45) is 23.7 Å². The topological polar surface area (TPSA) is 20.3 Å². The maximum atomic E-state index is 13.0. The third-order valence-electron chi connectivity index (χ3n) is 5.55. The van der Waals surface area contributed by atoms with Crippen molar-refractivity contribution >= 4 is 5.91 Å². The molecule has 1 aliphatic heterocycles. The summed E-state index contributed by atoms with van der Waals surface area (Å²) in [4.78, 5) is 15.2. The molecule has 1 saturated heterocycles. The molecule has 5 unspecified atom stereocenters. The predicted octanol–water partition coefficient (Wildman–Crippen LogP) is 4.09. The van der Waals surface area contributed by atoms with Crippen LogP contribution < -0.4 is 0 Å². The summed E-state index contributed by atoms with van der Waals surface area (Å²) in [7, 11) is 0. The van der Waals surface area contributed by atoms with E-state index in [0.717, 1.165) is 12.3 Å². The molecule has 1 aliphatic carbocycles. The Morgan fingerprint density at radius 3 is 2.11 bits per heavy atom. The average Bonchev–Trinajstić information content (AvgIpc) is 2.67. The van der Waals surface area contributed by atoms with E-state index in [9.17, 15) is 4.79 Å². The molecule has 2 nitrogen and oxygen atoms in total. The lowest BCUT2D eigenvalue weighted by Crippen LogP contribution is -2.46. The van der Waals surface area contributed by atoms with Gasteiger partial charge in [0.1, 0.15) is 0 Å². The van der Waals surface area contributed by atoms with E-state index in [0.29, 0.717) is 29.8 Å². The van der Waals surface area contributed by atoms with E-state index in [2.05, 4.69) is 39.5 Å². The van der Waals surface area contributed by atoms with E-state index in [1.165, 1.54) is 25.7 Å². The number of hydrogen-bond donors (Lipinski definition) is 0. The first-order chi connectivity index (χ1) is 8.91. The second-order valence-electron chi connectivity index (χ2n) is 7.45. The Morgan fingerprint density at radius 2 is 1.58 bits per heavy atom. The highest BCUT2D eigenvalue weighted by molar-refractivity contribution is 5.80. The van der Waals surface area contributed by atoms with Crippen molar-refractivity contribution in [3.05, 3.63) is 0 Å². The predicted molar refractivity (Wildman–Crippen MR) is 79.8 cm³/mol. The molecule has 0 spiro atoms. The van der Waals surface area contributed by atoms with Crippen LogP contribution in [0.5, 0.6) is 0 Å². The van der Waals surface area contributed by atoms with Crippen molar-refractivity contribution in [2.45, 2.75) is 78.8 Å². The van der Waals surface area contributed by atoms with Gasteiger partial charge in [-0.25, -0.2) is 0 Å². The molecule has 0 aromatic heterocycles. The van der Waals surface area contributed by atoms with E-state index < -0.39 is 0 Å². The van der Waals surface area contributed by atoms with E-state index >= 15 is 0 Å². The van der Waals surface area contributed by atoms with Crippen LogP contribution in [0, 0.1) is 23.7 Å². The van der Waals surface area contributed by atoms with Gasteiger partial charge in [0.2, 0.25) is 5.91 Å². The molecule has 0 N–H and O–H groups in total. The smallest absolute Gasteiger partial charge is 0.226 e. The van der Waals surface area contributed by atoms with Crippen molar-refractivity contribution in [1.82, 2.24) is 4.90 Å². The molecule has 19 heavy (non-hydrogen) atoms. The highest BCUT2D eigenvalue weighted by Gasteiger charge is 2.41. The highest BCUT2D eigenvalue weighted by atomic mass is 16.2. The summed E-state index contributed by atoms with van der Waals surface area (Å²) < 4.78 is 0. The molecule has 2 aliphatic rings. The SMILES string of the molecule is CC1CCC(C(C)C)C(C(=O)N2C(C)CCC2C)C1. The lowest BCUT2D eigenvalue weighted by molar-refractivity contribution is -0.142. The minimum Gasteiger partial charge on any atom is -0.337 e. The van der Waals surface area contributed by atoms with Crippen molar-refractivity contribution in [2.75, 3.05) is 0 Å². The van der Waals surface area contributed by atoms with Crippen molar-refractivity contribution < 1.29 is 4.79 Å². The number of likely N-dealkylation sites (tertiary alicyclic amines) is 1. The Morgan fingerprint density at radius 1 is 1.00 bits per heavy atom. The van der Waals surface area contributed by atoms with E-state index in [-0.39, 0.29) is 5.92 Å². The maximum Gasteiger partial charge on any atom is 0.226 e. The highest BCUT2D eigenvalue weighted by Crippen LogP contribution is 2.40. The molecule has 0 aromatic rings. The van der Waals surface area contributed by atoms with Crippen LogP contribution in [-0.4, -0.2) is 22.9 Å². The van der Waals surface area contributed by atoms with E-state index in [1.807, 2.05) is 0 Å². The van der Waals surface area contributed by atoms with Crippen LogP contribution in [0.2, 0.25) is 0 Å². The van der Waals surface area contributed by atoms with Crippen molar-refractivity contribution in [3.8, 4) is 0 Å². The van der Waals surface area contributed by atoms with Crippen LogP contribution in [0.3, 0.4) is 0 Å². The number of rotatable bonds is 2. The fraction of sp³-hybridized carbons (Fsp3) is 0.941. The minimum absolute atomic E-state index is 0.284. The molecule has 110 valence electrons. The van der Waals surface area contributed by atoms with Crippen LogP contribution in [0.1, 0.15) is 66.7 Å². The van der Waals surface area contributed by atoms with Gasteiger partial charge < -0.3 is 4.90 Å². The monoisotopic (exact) mass is 265 g/mol. The normalized spacial score (nSPS) is 39.9. The lowest BCUT2D eigenvalue weighted by atomic mass is 9.69. The Kier molecular flexibility index (Phi) is 4.58. The third kappa shape index (κ3) is 2.98. The summed E-state index contributed by atoms with van der Waals surface area (Å²) in [5.41, 5.74) is 0. The molecule has 2 rings (SSSR count). The number of carbonyl (C=O) groups excluding carboxylic acids is 1. The summed E-state index contributed by atoms with van der Waals surface area (Å²) in [6, 6.07) is 0.903. The summed E-state index contributed by atoms with van der Waals surface area (Å²) in [5, 5.41) is 0. The lowest BCUT2D eigenvalue weighted by Gasteiger charge is -2.40. The van der Waals surface area contributed by atoms with Gasteiger partial charge in [0.15, 0.2) is 0 Å². The number of hydrogen-bond acceptors (Lipinski definition) is 1. The molecule has 0 radical (unpaired) electrons. The standard InChI is InChI=1S/C17H31NO/c1-11(2)15-9-6-12(3)10-16(15)17(19)18-13(4)7-8-14(18)5/h11-16H,6-10H2,1-5H3. The van der Waals surface area contributed by atoms with E-state index in [4.69, 9.17) is 0 Å². The first kappa shape index (κ1) is 14.9. The second-order valence-corrected chi connectivity index (χ2v) is 7.45. The van der Waals surface area contributed by atoms with Gasteiger partial charge in [-0.05, 0) is 57.3 Å². The van der Waals surface area contributed by atoms with Gasteiger partial charge in [-0.1, -0.05) is 27.2 Å². The number of nitrogens with zero attached hydrogens (tertiary/aromatic N) is 1. The van der Waals surface area contributed by atoms with Gasteiger partial charge >= 0.3 is 0 Å². The Hall–Kier alpha value is -0.530. The Balaban J connectivity index is 2.14. The minimum atomic E-state index is 0.284. The number of carbonyl (C=O) groups is 1. The van der Waals surface area contributed by atoms with Crippen molar-refractivity contribution in [3.63, 3.8) is 0 Å². The van der Waals surface area contributed by atoms with Crippen LogP contribution in [0.4, 0.5) is 0 Å². The van der Waals surface area contributed by atoms with Gasteiger partial charge in [-0.3, -0.25) is 4.79 Å². The fourth-order valence-corrected chi connectivity index (χ4v) is 4.31. The molecule has 1 saturated carbocycles. The molecule has 0 aromatic carbocycles. The van der Waals surface area contributed by atoms with Gasteiger partial charge in [-0.2, -0.15) is 0 Å². The van der Waals surface area contributed by atoms with Gasteiger partial charge in [0.05, 0.1) is 0 Å². The second kappa shape index (κ2) is 5.85. The van der Waals surface area contributed by atoms with Gasteiger partial charge in [0.25, 0.3) is 0 Å². The Bertz CT molecular complexity index is 315. The van der Waals surface area contributed by atoms with Crippen molar-refractivity contribution in [1.29, 1.82) is 0 Å². The largest absolute Gasteiger partial charge is 0.337 e. The van der Waals surface area contributed by atoms with Crippen LogP contribution >= 0.6 is 0 Å². The zero-order valence-electron chi connectivity index (χ0n) is 13.4. The summed E-state index contributed by atoms with van der Waals surface area (Å²) in [6.45, 7) is 11.3. The summed E-state index contributed by atoms with van der Waals surface area (Å²) >= 11 is 0. The molecular formula is C17H31NO.